The fourth-order valence-electron chi connectivity index (χ4n) is 3.12. The van der Waals surface area contributed by atoms with Gasteiger partial charge in [0.05, 0.1) is 12.2 Å². The average molecular weight is 413 g/mol. The number of urea groups is 1. The molecule has 1 aliphatic rings. The molecular weight excluding hydrogens is 396 g/mol. The molecule has 0 spiro atoms. The molecular formula is C19H17ClN6O3. The van der Waals surface area contributed by atoms with Crippen LogP contribution >= 0.6 is 11.6 Å². The van der Waals surface area contributed by atoms with Crippen LogP contribution in [0.4, 0.5) is 4.79 Å². The van der Waals surface area contributed by atoms with Gasteiger partial charge in [-0.1, -0.05) is 23.7 Å². The van der Waals surface area contributed by atoms with Gasteiger partial charge in [-0.25, -0.2) is 9.48 Å². The van der Waals surface area contributed by atoms with Crippen molar-refractivity contribution in [3.63, 3.8) is 0 Å². The van der Waals surface area contributed by atoms with Crippen LogP contribution in [-0.4, -0.2) is 50.2 Å². The molecule has 1 aromatic heterocycles. The minimum Gasteiger partial charge on any atom is -0.492 e. The number of benzene rings is 2. The lowest BCUT2D eigenvalue weighted by Gasteiger charge is -2.22. The average Bonchev–Trinajstić information content (AvgIpc) is 3.33. The Morgan fingerprint density at radius 1 is 1.17 bits per heavy atom. The predicted molar refractivity (Wildman–Crippen MR) is 104 cm³/mol. The lowest BCUT2D eigenvalue weighted by Crippen LogP contribution is -2.41. The molecule has 2 aromatic carbocycles. The van der Waals surface area contributed by atoms with Crippen LogP contribution in [0.3, 0.4) is 0 Å². The number of nitrogens with one attached hydrogen (secondary N) is 1. The molecule has 0 aliphatic carbocycles. The maximum atomic E-state index is 13.0. The molecule has 0 saturated carbocycles. The van der Waals surface area contributed by atoms with E-state index in [4.69, 9.17) is 16.3 Å². The van der Waals surface area contributed by atoms with Crippen LogP contribution in [0.15, 0.2) is 54.9 Å². The third-order valence-corrected chi connectivity index (χ3v) is 4.96. The summed E-state index contributed by atoms with van der Waals surface area (Å²) in [5.74, 6) is 0.259. The van der Waals surface area contributed by atoms with Crippen molar-refractivity contribution >= 4 is 23.5 Å². The zero-order chi connectivity index (χ0) is 20.4. The largest absolute Gasteiger partial charge is 0.492 e. The first-order chi connectivity index (χ1) is 14.0. The lowest BCUT2D eigenvalue weighted by molar-refractivity contribution is -0.131. The Balaban J connectivity index is 1.48. The summed E-state index contributed by atoms with van der Waals surface area (Å²) in [6, 6.07) is 13.5. The summed E-state index contributed by atoms with van der Waals surface area (Å²) in [6.45, 7) is 1.96. The van der Waals surface area contributed by atoms with E-state index in [0.717, 1.165) is 4.90 Å². The summed E-state index contributed by atoms with van der Waals surface area (Å²) in [5.41, 5.74) is 0.117. The molecule has 9 nitrogen and oxygen atoms in total. The zero-order valence-electron chi connectivity index (χ0n) is 15.4. The normalized spacial score (nSPS) is 18.8. The molecule has 148 valence electrons. The Morgan fingerprint density at radius 3 is 2.69 bits per heavy atom. The van der Waals surface area contributed by atoms with E-state index in [1.165, 1.54) is 11.0 Å². The van der Waals surface area contributed by atoms with Crippen LogP contribution in [-0.2, 0) is 10.3 Å². The number of rotatable bonds is 6. The Hall–Kier alpha value is -3.46. The third-order valence-electron chi connectivity index (χ3n) is 4.71. The van der Waals surface area contributed by atoms with Crippen molar-refractivity contribution in [3.8, 4) is 11.4 Å². The monoisotopic (exact) mass is 412 g/mol. The summed E-state index contributed by atoms with van der Waals surface area (Å²) in [4.78, 5) is 26.7. The van der Waals surface area contributed by atoms with Crippen LogP contribution in [0.2, 0.25) is 5.02 Å². The van der Waals surface area contributed by atoms with E-state index in [1.54, 1.807) is 49.4 Å². The van der Waals surface area contributed by atoms with Crippen molar-refractivity contribution < 1.29 is 14.3 Å². The summed E-state index contributed by atoms with van der Waals surface area (Å²) < 4.78 is 7.08. The molecule has 0 bridgehead atoms. The molecule has 0 unspecified atom stereocenters. The Kier molecular flexibility index (Phi) is 4.89. The smallest absolute Gasteiger partial charge is 0.325 e. The molecule has 4 rings (SSSR count). The van der Waals surface area contributed by atoms with E-state index in [-0.39, 0.29) is 19.1 Å². The van der Waals surface area contributed by atoms with Gasteiger partial charge in [0.1, 0.15) is 24.2 Å². The van der Waals surface area contributed by atoms with E-state index >= 15 is 0 Å². The van der Waals surface area contributed by atoms with Crippen molar-refractivity contribution in [2.75, 3.05) is 13.2 Å². The van der Waals surface area contributed by atoms with E-state index < -0.39 is 11.6 Å². The number of carbonyl (C=O) groups is 2. The number of amides is 3. The Labute approximate surface area is 171 Å². The number of aromatic nitrogens is 4. The summed E-state index contributed by atoms with van der Waals surface area (Å²) in [7, 11) is 0. The fraction of sp³-hybridized carbons (Fsp3) is 0.211. The molecule has 1 atom stereocenters. The zero-order valence-corrected chi connectivity index (χ0v) is 16.2. The van der Waals surface area contributed by atoms with Crippen molar-refractivity contribution in [1.82, 2.24) is 30.4 Å². The third kappa shape index (κ3) is 3.64. The topological polar surface area (TPSA) is 102 Å². The standard InChI is InChI=1S/C19H17ClN6O3/c1-19(13-3-2-4-15(11-13)26-12-21-23-24-26)17(27)25(18(28)22-19)9-10-29-16-7-5-14(20)6-8-16/h2-8,11-12H,9-10H2,1H3,(H,22,28)/t19-/m1/s1. The maximum Gasteiger partial charge on any atom is 0.325 e. The first kappa shape index (κ1) is 18.9. The Bertz CT molecular complexity index is 1040. The van der Waals surface area contributed by atoms with Gasteiger partial charge in [-0.05, 0) is 59.3 Å². The number of tetrazole rings is 1. The van der Waals surface area contributed by atoms with Gasteiger partial charge in [-0.3, -0.25) is 9.69 Å². The van der Waals surface area contributed by atoms with E-state index in [0.29, 0.717) is 22.0 Å². The highest BCUT2D eigenvalue weighted by atomic mass is 35.5. The molecule has 10 heteroatoms. The molecule has 29 heavy (non-hydrogen) atoms. The lowest BCUT2D eigenvalue weighted by atomic mass is 9.91. The number of carbonyl (C=O) groups excluding carboxylic acids is 2. The van der Waals surface area contributed by atoms with Gasteiger partial charge in [-0.2, -0.15) is 0 Å². The molecule has 3 aromatic rings. The predicted octanol–water partition coefficient (Wildman–Crippen LogP) is 2.16. The highest BCUT2D eigenvalue weighted by Crippen LogP contribution is 2.30. The van der Waals surface area contributed by atoms with Crippen molar-refractivity contribution in [2.24, 2.45) is 0 Å². The van der Waals surface area contributed by atoms with Gasteiger partial charge >= 0.3 is 6.03 Å². The first-order valence-electron chi connectivity index (χ1n) is 8.84. The molecule has 2 heterocycles. The second-order valence-corrected chi connectivity index (χ2v) is 7.06. The van der Waals surface area contributed by atoms with E-state index in [1.807, 2.05) is 6.07 Å². The first-order valence-corrected chi connectivity index (χ1v) is 9.21. The van der Waals surface area contributed by atoms with Crippen LogP contribution in [0.5, 0.6) is 5.75 Å². The van der Waals surface area contributed by atoms with E-state index in [2.05, 4.69) is 20.8 Å². The number of ether oxygens (including phenoxy) is 1. The van der Waals surface area contributed by atoms with Gasteiger partial charge in [0.2, 0.25) is 0 Å². The van der Waals surface area contributed by atoms with E-state index in [9.17, 15) is 9.59 Å². The van der Waals surface area contributed by atoms with Gasteiger partial charge in [0.15, 0.2) is 0 Å². The molecule has 1 saturated heterocycles. The molecule has 1 N–H and O–H groups in total. The fourth-order valence-corrected chi connectivity index (χ4v) is 3.25. The number of hydrogen-bond acceptors (Lipinski definition) is 6. The van der Waals surface area contributed by atoms with Gasteiger partial charge in [0, 0.05) is 5.02 Å². The van der Waals surface area contributed by atoms with Crippen LogP contribution in [0.25, 0.3) is 5.69 Å². The van der Waals surface area contributed by atoms with Gasteiger partial charge < -0.3 is 10.1 Å². The number of halogens is 1. The van der Waals surface area contributed by atoms with Crippen molar-refractivity contribution in [3.05, 3.63) is 65.4 Å². The molecule has 1 aliphatic heterocycles. The van der Waals surface area contributed by atoms with Gasteiger partial charge in [-0.15, -0.1) is 5.10 Å². The molecule has 1 fully saturated rings. The number of hydrogen-bond donors (Lipinski definition) is 1. The SMILES string of the molecule is C[C@]1(c2cccc(-n3cnnn3)c2)NC(=O)N(CCOc2ccc(Cl)cc2)C1=O. The summed E-state index contributed by atoms with van der Waals surface area (Å²) >= 11 is 5.85. The van der Waals surface area contributed by atoms with Gasteiger partial charge in [0.25, 0.3) is 5.91 Å². The highest BCUT2D eigenvalue weighted by Gasteiger charge is 2.48. The minimum absolute atomic E-state index is 0.121. The maximum absolute atomic E-state index is 13.0. The summed E-state index contributed by atoms with van der Waals surface area (Å²) in [6.07, 6.45) is 1.46. The minimum atomic E-state index is -1.19. The van der Waals surface area contributed by atoms with Crippen LogP contribution < -0.4 is 10.1 Å². The van der Waals surface area contributed by atoms with Crippen molar-refractivity contribution in [2.45, 2.75) is 12.5 Å². The second kappa shape index (κ2) is 7.51. The molecule has 0 radical (unpaired) electrons. The quantitative estimate of drug-likeness (QED) is 0.622. The molecule has 3 amide bonds. The Morgan fingerprint density at radius 2 is 1.97 bits per heavy atom. The second-order valence-electron chi connectivity index (χ2n) is 6.62. The van der Waals surface area contributed by atoms with Crippen LogP contribution in [0.1, 0.15) is 12.5 Å². The highest BCUT2D eigenvalue weighted by molar-refractivity contribution is 6.30. The van der Waals surface area contributed by atoms with Crippen LogP contribution in [0, 0.1) is 0 Å². The van der Waals surface area contributed by atoms with Crippen molar-refractivity contribution in [1.29, 1.82) is 0 Å². The summed E-state index contributed by atoms with van der Waals surface area (Å²) in [5, 5.41) is 14.5. The number of nitrogens with zero attached hydrogens (tertiary/aromatic N) is 5. The number of imide groups is 1.